The van der Waals surface area contributed by atoms with Gasteiger partial charge in [-0.3, -0.25) is 28.8 Å². The van der Waals surface area contributed by atoms with Gasteiger partial charge >= 0.3 is 18.0 Å². The summed E-state index contributed by atoms with van der Waals surface area (Å²) in [6.45, 7) is 19.1. The minimum absolute atomic E-state index is 0.0746. The maximum absolute atomic E-state index is 13.8. The average molecular weight is 897 g/mol. The minimum atomic E-state index is -1.26. The molecular formula is C47H88N6O10. The number of hydrogen-bond acceptors (Lipinski definition) is 11. The molecule has 0 spiro atoms. The van der Waals surface area contributed by atoms with E-state index in [1.165, 1.54) is 44.9 Å². The van der Waals surface area contributed by atoms with Crippen LogP contribution in [-0.4, -0.2) is 96.2 Å². The Bertz CT molecular complexity index is 1360. The molecule has 0 fully saturated rings. The van der Waals surface area contributed by atoms with Gasteiger partial charge in [0.2, 0.25) is 23.6 Å². The van der Waals surface area contributed by atoms with E-state index in [4.69, 9.17) is 19.9 Å². The molecule has 3 atom stereocenters. The van der Waals surface area contributed by atoms with Gasteiger partial charge < -0.3 is 46.5 Å². The summed E-state index contributed by atoms with van der Waals surface area (Å²) in [6.07, 6.45) is 14.7. The van der Waals surface area contributed by atoms with Gasteiger partial charge in [0.25, 0.3) is 0 Å². The summed E-state index contributed by atoms with van der Waals surface area (Å²) in [6, 6.07) is -3.42. The molecule has 0 saturated carbocycles. The lowest BCUT2D eigenvalue weighted by molar-refractivity contribution is -0.156. The van der Waals surface area contributed by atoms with Gasteiger partial charge in [-0.1, -0.05) is 71.1 Å². The molecule has 7 N–H and O–H groups in total. The number of alkyl carbamates (subject to hydrolysis) is 1. The maximum atomic E-state index is 13.8. The lowest BCUT2D eigenvalue weighted by Crippen LogP contribution is -2.56. The van der Waals surface area contributed by atoms with Crippen LogP contribution in [0.15, 0.2) is 0 Å². The minimum Gasteiger partial charge on any atom is -0.460 e. The molecule has 0 radical (unpaired) electrons. The molecule has 0 aromatic heterocycles. The van der Waals surface area contributed by atoms with Crippen LogP contribution in [0.1, 0.15) is 204 Å². The van der Waals surface area contributed by atoms with Gasteiger partial charge in [0, 0.05) is 38.9 Å². The molecule has 0 aliphatic rings. The summed E-state index contributed by atoms with van der Waals surface area (Å²) in [4.78, 5) is 90.0. The average Bonchev–Trinajstić information content (AvgIpc) is 3.15. The molecular weight excluding hydrogens is 809 g/mol. The molecule has 16 heteroatoms. The van der Waals surface area contributed by atoms with E-state index in [0.29, 0.717) is 45.3 Å². The number of carbonyl (C=O) groups excluding carboxylic acids is 7. The van der Waals surface area contributed by atoms with E-state index in [0.717, 1.165) is 32.1 Å². The van der Waals surface area contributed by atoms with Crippen molar-refractivity contribution in [2.75, 3.05) is 19.6 Å². The largest absolute Gasteiger partial charge is 0.460 e. The van der Waals surface area contributed by atoms with Crippen molar-refractivity contribution in [3.63, 3.8) is 0 Å². The second-order valence-electron chi connectivity index (χ2n) is 19.5. The van der Waals surface area contributed by atoms with E-state index in [1.54, 1.807) is 62.3 Å². The molecule has 3 unspecified atom stereocenters. The van der Waals surface area contributed by atoms with Crippen LogP contribution in [0.3, 0.4) is 0 Å². The van der Waals surface area contributed by atoms with Crippen molar-refractivity contribution in [1.29, 1.82) is 0 Å². The number of nitrogens with two attached hydrogens (primary N) is 1. The first kappa shape index (κ1) is 59.0. The Hall–Kier alpha value is -3.95. The number of amides is 5. The van der Waals surface area contributed by atoms with E-state index < -0.39 is 70.7 Å². The van der Waals surface area contributed by atoms with Crippen LogP contribution in [0.5, 0.6) is 0 Å². The fourth-order valence-electron chi connectivity index (χ4n) is 6.37. The van der Waals surface area contributed by atoms with Crippen LogP contribution < -0.4 is 32.3 Å². The number of unbranched alkanes of at least 4 members (excludes halogenated alkanes) is 12. The summed E-state index contributed by atoms with van der Waals surface area (Å²) in [5, 5.41) is 13.8. The van der Waals surface area contributed by atoms with Gasteiger partial charge in [0.15, 0.2) is 0 Å². The van der Waals surface area contributed by atoms with Crippen molar-refractivity contribution >= 4 is 41.7 Å². The normalized spacial score (nSPS) is 13.2. The van der Waals surface area contributed by atoms with E-state index in [-0.39, 0.29) is 38.0 Å². The second kappa shape index (κ2) is 32.7. The molecule has 0 heterocycles. The third-order valence-electron chi connectivity index (χ3n) is 9.56. The number of hydrogen-bond donors (Lipinski definition) is 6. The number of ether oxygens (including phenoxy) is 3. The monoisotopic (exact) mass is 897 g/mol. The van der Waals surface area contributed by atoms with Gasteiger partial charge in [-0.15, -0.1) is 0 Å². The highest BCUT2D eigenvalue weighted by Crippen LogP contribution is 2.14. The first-order valence-corrected chi connectivity index (χ1v) is 23.7. The van der Waals surface area contributed by atoms with Crippen molar-refractivity contribution in [2.24, 2.45) is 5.73 Å². The predicted molar refractivity (Wildman–Crippen MR) is 246 cm³/mol. The zero-order valence-corrected chi connectivity index (χ0v) is 40.9. The number of rotatable bonds is 33. The molecule has 0 aliphatic heterocycles. The van der Waals surface area contributed by atoms with Gasteiger partial charge in [0.05, 0.1) is 6.04 Å². The van der Waals surface area contributed by atoms with Gasteiger partial charge in [-0.25, -0.2) is 4.79 Å². The highest BCUT2D eigenvalue weighted by atomic mass is 16.6. The molecule has 0 aromatic carbocycles. The molecule has 16 nitrogen and oxygen atoms in total. The Labute approximate surface area is 379 Å². The summed E-state index contributed by atoms with van der Waals surface area (Å²) in [5.41, 5.74) is 4.04. The molecule has 5 amide bonds. The molecule has 63 heavy (non-hydrogen) atoms. The van der Waals surface area contributed by atoms with Crippen molar-refractivity contribution in [1.82, 2.24) is 26.6 Å². The van der Waals surface area contributed by atoms with Gasteiger partial charge in [-0.05, 0) is 114 Å². The summed E-state index contributed by atoms with van der Waals surface area (Å²) < 4.78 is 16.1. The zero-order chi connectivity index (χ0) is 47.9. The van der Waals surface area contributed by atoms with Gasteiger partial charge in [0.1, 0.15) is 28.9 Å². The predicted octanol–water partition coefficient (Wildman–Crippen LogP) is 6.94. The topological polar surface area (TPSA) is 233 Å². The quantitative estimate of drug-likeness (QED) is 0.0224. The standard InChI is InChI=1S/C47H88N6O10/c1-11-12-13-14-15-16-17-18-21-27-38(54)49-32-23-19-20-24-33-50-42(58)36(28-30-39(55)61-45(2,3)4)53-43(59)37(29-31-40(56)62-46(5,6)7)52-41(57)35(48)26-22-25-34-51-44(60)63-47(8,9)10/h35-37H,11-34,48H2,1-10H3,(H,49,54)(H,50,58)(H,51,60)(H,52,57)(H,53,59). The van der Waals surface area contributed by atoms with Crippen LogP contribution in [0, 0.1) is 0 Å². The Balaban J connectivity index is 5.29. The lowest BCUT2D eigenvalue weighted by atomic mass is 10.1. The SMILES string of the molecule is CCCCCCCCCCCC(=O)NCCCCCCNC(=O)C(CCC(=O)OC(C)(C)C)NC(=O)C(CCC(=O)OC(C)(C)C)NC(=O)C(N)CCCCNC(=O)OC(C)(C)C. The van der Waals surface area contributed by atoms with E-state index in [1.807, 2.05) is 0 Å². The maximum Gasteiger partial charge on any atom is 0.407 e. The van der Waals surface area contributed by atoms with Crippen LogP contribution in [-0.2, 0) is 43.0 Å². The summed E-state index contributed by atoms with van der Waals surface area (Å²) >= 11 is 0. The Morgan fingerprint density at radius 3 is 1.37 bits per heavy atom. The summed E-state index contributed by atoms with van der Waals surface area (Å²) in [7, 11) is 0. The highest BCUT2D eigenvalue weighted by molar-refractivity contribution is 5.93. The van der Waals surface area contributed by atoms with E-state index >= 15 is 0 Å². The zero-order valence-electron chi connectivity index (χ0n) is 40.9. The van der Waals surface area contributed by atoms with Crippen molar-refractivity contribution in [3.05, 3.63) is 0 Å². The number of esters is 2. The molecule has 0 saturated heterocycles. The Morgan fingerprint density at radius 2 is 0.857 bits per heavy atom. The van der Waals surface area contributed by atoms with Crippen LogP contribution >= 0.6 is 0 Å². The molecule has 0 bridgehead atoms. The number of nitrogens with one attached hydrogen (secondary N) is 5. The second-order valence-corrected chi connectivity index (χ2v) is 19.5. The smallest absolute Gasteiger partial charge is 0.407 e. The van der Waals surface area contributed by atoms with Gasteiger partial charge in [-0.2, -0.15) is 0 Å². The van der Waals surface area contributed by atoms with Crippen LogP contribution in [0.25, 0.3) is 0 Å². The van der Waals surface area contributed by atoms with Crippen molar-refractivity contribution in [3.8, 4) is 0 Å². The first-order valence-electron chi connectivity index (χ1n) is 23.7. The molecule has 0 aromatic rings. The van der Waals surface area contributed by atoms with Crippen molar-refractivity contribution in [2.45, 2.75) is 239 Å². The van der Waals surface area contributed by atoms with Crippen LogP contribution in [0.4, 0.5) is 4.79 Å². The Kier molecular flexibility index (Phi) is 30.6. The molecule has 0 aliphatic carbocycles. The third kappa shape index (κ3) is 36.1. The molecule has 366 valence electrons. The highest BCUT2D eigenvalue weighted by Gasteiger charge is 2.30. The lowest BCUT2D eigenvalue weighted by Gasteiger charge is -2.25. The fraction of sp³-hybridized carbons (Fsp3) is 0.851. The van der Waals surface area contributed by atoms with E-state index in [9.17, 15) is 33.6 Å². The molecule has 0 rings (SSSR count). The number of carbonyl (C=O) groups is 7. The van der Waals surface area contributed by atoms with Crippen LogP contribution in [0.2, 0.25) is 0 Å². The Morgan fingerprint density at radius 1 is 0.444 bits per heavy atom. The van der Waals surface area contributed by atoms with Crippen molar-refractivity contribution < 1.29 is 47.8 Å². The first-order chi connectivity index (χ1) is 29.4. The summed E-state index contributed by atoms with van der Waals surface area (Å²) in [5.74, 6) is -2.91. The van der Waals surface area contributed by atoms with E-state index in [2.05, 4.69) is 33.5 Å². The third-order valence-corrected chi connectivity index (χ3v) is 9.56. The fourth-order valence-corrected chi connectivity index (χ4v) is 6.37.